The van der Waals surface area contributed by atoms with E-state index in [4.69, 9.17) is 0 Å². The van der Waals surface area contributed by atoms with E-state index >= 15 is 0 Å². The van der Waals surface area contributed by atoms with Crippen LogP contribution in [0.5, 0.6) is 0 Å². The van der Waals surface area contributed by atoms with Gasteiger partial charge in [0.15, 0.2) is 0 Å². The molecule has 2 aromatic rings. The largest absolute Gasteiger partial charge is 0.264 e. The average Bonchev–Trinajstić information content (AvgIpc) is 2.40. The molecule has 0 aliphatic carbocycles. The van der Waals surface area contributed by atoms with E-state index in [1.54, 1.807) is 0 Å². The van der Waals surface area contributed by atoms with E-state index in [-0.39, 0.29) is 0 Å². The molecule has 0 aliphatic rings. The Bertz CT molecular complexity index is 491. The second-order valence-electron chi connectivity index (χ2n) is 5.13. The number of aromatic nitrogens is 2. The molecular weight excluding hydrogens is 220 g/mol. The smallest absolute Gasteiger partial charge is 0.0412 e. The Labute approximate surface area is 109 Å². The van der Waals surface area contributed by atoms with Crippen LogP contribution in [0.15, 0.2) is 42.9 Å². The van der Waals surface area contributed by atoms with Crippen molar-refractivity contribution in [2.45, 2.75) is 39.0 Å². The first-order valence-electron chi connectivity index (χ1n) is 6.51. The lowest BCUT2D eigenvalue weighted by Crippen LogP contribution is -2.02. The fourth-order valence-electron chi connectivity index (χ4n) is 2.07. The van der Waals surface area contributed by atoms with Crippen molar-refractivity contribution < 1.29 is 0 Å². The molecule has 2 rings (SSSR count). The van der Waals surface area contributed by atoms with Crippen molar-refractivity contribution in [3.8, 4) is 0 Å². The summed E-state index contributed by atoms with van der Waals surface area (Å²) in [6.07, 6.45) is 6.64. The molecule has 0 N–H and O–H groups in total. The van der Waals surface area contributed by atoms with Gasteiger partial charge >= 0.3 is 0 Å². The SMILES string of the molecule is CC(C)c1ccnc(CC(C)c2cccnc2)c1. The van der Waals surface area contributed by atoms with Gasteiger partial charge in [-0.05, 0) is 47.6 Å². The van der Waals surface area contributed by atoms with Gasteiger partial charge in [-0.1, -0.05) is 26.8 Å². The van der Waals surface area contributed by atoms with E-state index < -0.39 is 0 Å². The molecule has 0 saturated heterocycles. The summed E-state index contributed by atoms with van der Waals surface area (Å²) in [6, 6.07) is 8.44. The Balaban J connectivity index is 2.12. The van der Waals surface area contributed by atoms with Crippen molar-refractivity contribution in [1.29, 1.82) is 0 Å². The zero-order chi connectivity index (χ0) is 13.0. The van der Waals surface area contributed by atoms with Crippen LogP contribution in [-0.2, 0) is 6.42 Å². The van der Waals surface area contributed by atoms with Crippen LogP contribution in [0.2, 0.25) is 0 Å². The molecule has 1 atom stereocenters. The monoisotopic (exact) mass is 240 g/mol. The third-order valence-electron chi connectivity index (χ3n) is 3.28. The van der Waals surface area contributed by atoms with E-state index in [2.05, 4.69) is 48.9 Å². The van der Waals surface area contributed by atoms with Crippen LogP contribution < -0.4 is 0 Å². The first-order chi connectivity index (χ1) is 8.66. The Hall–Kier alpha value is -1.70. The van der Waals surface area contributed by atoms with Crippen LogP contribution in [-0.4, -0.2) is 9.97 Å². The van der Waals surface area contributed by atoms with E-state index in [1.807, 2.05) is 24.7 Å². The van der Waals surface area contributed by atoms with Gasteiger partial charge in [-0.3, -0.25) is 9.97 Å². The van der Waals surface area contributed by atoms with Crippen molar-refractivity contribution in [2.75, 3.05) is 0 Å². The molecule has 0 spiro atoms. The van der Waals surface area contributed by atoms with Crippen LogP contribution in [0.3, 0.4) is 0 Å². The summed E-state index contributed by atoms with van der Waals surface area (Å²) in [6.45, 7) is 6.65. The summed E-state index contributed by atoms with van der Waals surface area (Å²) in [4.78, 5) is 8.64. The maximum atomic E-state index is 4.47. The lowest BCUT2D eigenvalue weighted by molar-refractivity contribution is 0.732. The van der Waals surface area contributed by atoms with Crippen LogP contribution in [0, 0.1) is 0 Å². The number of rotatable bonds is 4. The van der Waals surface area contributed by atoms with Gasteiger partial charge < -0.3 is 0 Å². The molecule has 2 heterocycles. The summed E-state index contributed by atoms with van der Waals surface area (Å²) >= 11 is 0. The van der Waals surface area contributed by atoms with Crippen molar-refractivity contribution in [2.24, 2.45) is 0 Å². The molecule has 0 aromatic carbocycles. The predicted molar refractivity (Wildman–Crippen MR) is 74.7 cm³/mol. The van der Waals surface area contributed by atoms with Gasteiger partial charge in [0, 0.05) is 24.3 Å². The Kier molecular flexibility index (Phi) is 4.08. The van der Waals surface area contributed by atoms with Gasteiger partial charge in [0.05, 0.1) is 0 Å². The Morgan fingerprint density at radius 2 is 1.89 bits per heavy atom. The van der Waals surface area contributed by atoms with E-state index in [1.165, 1.54) is 11.1 Å². The summed E-state index contributed by atoms with van der Waals surface area (Å²) in [5, 5.41) is 0. The number of nitrogens with zero attached hydrogens (tertiary/aromatic N) is 2. The molecule has 0 bridgehead atoms. The molecule has 2 aromatic heterocycles. The van der Waals surface area contributed by atoms with Gasteiger partial charge in [0.25, 0.3) is 0 Å². The normalized spacial score (nSPS) is 12.7. The van der Waals surface area contributed by atoms with Crippen LogP contribution in [0.1, 0.15) is 49.4 Å². The Morgan fingerprint density at radius 3 is 2.56 bits per heavy atom. The van der Waals surface area contributed by atoms with Crippen molar-refractivity contribution >= 4 is 0 Å². The lowest BCUT2D eigenvalue weighted by atomic mass is 9.95. The summed E-state index contributed by atoms with van der Waals surface area (Å²) in [7, 11) is 0. The van der Waals surface area contributed by atoms with E-state index in [0.717, 1.165) is 12.1 Å². The number of pyridine rings is 2. The van der Waals surface area contributed by atoms with Crippen LogP contribution in [0.4, 0.5) is 0 Å². The third-order valence-corrected chi connectivity index (χ3v) is 3.28. The number of hydrogen-bond donors (Lipinski definition) is 0. The minimum Gasteiger partial charge on any atom is -0.264 e. The van der Waals surface area contributed by atoms with Gasteiger partial charge in [-0.2, -0.15) is 0 Å². The van der Waals surface area contributed by atoms with Crippen molar-refractivity contribution in [1.82, 2.24) is 9.97 Å². The molecule has 0 aliphatic heterocycles. The highest BCUT2D eigenvalue weighted by Crippen LogP contribution is 2.20. The second-order valence-corrected chi connectivity index (χ2v) is 5.13. The van der Waals surface area contributed by atoms with E-state index in [9.17, 15) is 0 Å². The molecule has 0 radical (unpaired) electrons. The minimum atomic E-state index is 0.452. The zero-order valence-corrected chi connectivity index (χ0v) is 11.3. The molecule has 2 nitrogen and oxygen atoms in total. The highest BCUT2D eigenvalue weighted by atomic mass is 14.7. The number of hydrogen-bond acceptors (Lipinski definition) is 2. The maximum absolute atomic E-state index is 4.47. The molecule has 0 amide bonds. The minimum absolute atomic E-state index is 0.452. The highest BCUT2D eigenvalue weighted by Gasteiger charge is 2.08. The molecule has 94 valence electrons. The quantitative estimate of drug-likeness (QED) is 0.808. The molecule has 2 heteroatoms. The molecule has 1 unspecified atom stereocenters. The highest BCUT2D eigenvalue weighted by molar-refractivity contribution is 5.22. The zero-order valence-electron chi connectivity index (χ0n) is 11.3. The molecular formula is C16H20N2. The summed E-state index contributed by atoms with van der Waals surface area (Å²) < 4.78 is 0. The first kappa shape index (κ1) is 12.7. The second kappa shape index (κ2) is 5.76. The van der Waals surface area contributed by atoms with Crippen molar-refractivity contribution in [3.05, 3.63) is 59.7 Å². The van der Waals surface area contributed by atoms with Crippen molar-refractivity contribution in [3.63, 3.8) is 0 Å². The van der Waals surface area contributed by atoms with Crippen LogP contribution in [0.25, 0.3) is 0 Å². The molecule has 0 saturated carbocycles. The molecule has 18 heavy (non-hydrogen) atoms. The van der Waals surface area contributed by atoms with Gasteiger partial charge in [0.2, 0.25) is 0 Å². The fourth-order valence-corrected chi connectivity index (χ4v) is 2.07. The van der Waals surface area contributed by atoms with Gasteiger partial charge in [-0.25, -0.2) is 0 Å². The fraction of sp³-hybridized carbons (Fsp3) is 0.375. The third kappa shape index (κ3) is 3.16. The van der Waals surface area contributed by atoms with Crippen LogP contribution >= 0.6 is 0 Å². The van der Waals surface area contributed by atoms with Gasteiger partial charge in [-0.15, -0.1) is 0 Å². The molecule has 0 fully saturated rings. The predicted octanol–water partition coefficient (Wildman–Crippen LogP) is 3.95. The summed E-state index contributed by atoms with van der Waals surface area (Å²) in [5.74, 6) is 1.01. The lowest BCUT2D eigenvalue weighted by Gasteiger charge is -2.12. The van der Waals surface area contributed by atoms with Gasteiger partial charge in [0.1, 0.15) is 0 Å². The topological polar surface area (TPSA) is 25.8 Å². The maximum Gasteiger partial charge on any atom is 0.0412 e. The Morgan fingerprint density at radius 1 is 1.06 bits per heavy atom. The van der Waals surface area contributed by atoms with E-state index in [0.29, 0.717) is 11.8 Å². The average molecular weight is 240 g/mol. The summed E-state index contributed by atoms with van der Waals surface area (Å²) in [5.41, 5.74) is 3.80. The standard InChI is InChI=1S/C16H20N2/c1-12(2)14-6-8-18-16(10-14)9-13(3)15-5-4-7-17-11-15/h4-8,10-13H,9H2,1-3H3. The first-order valence-corrected chi connectivity index (χ1v) is 6.51.